The van der Waals surface area contributed by atoms with Crippen molar-refractivity contribution < 1.29 is 22.7 Å². The standard InChI is InChI=1S/C22H22N4O7S/c27-19(23-15-7-9-16(10-8-15)34(31,32)25-11-3-4-12-25)14-33-20(28)13-26-22(30)18-6-2-1-5-17(18)21(29)24-26/h1-2,5-10H,3-4,11-14H2,(H,23,27)(H,24,29). The van der Waals surface area contributed by atoms with Gasteiger partial charge >= 0.3 is 5.97 Å². The number of hydrogen-bond acceptors (Lipinski definition) is 7. The van der Waals surface area contributed by atoms with Crippen molar-refractivity contribution in [1.82, 2.24) is 14.1 Å². The number of aromatic nitrogens is 2. The van der Waals surface area contributed by atoms with Gasteiger partial charge in [-0.2, -0.15) is 4.31 Å². The van der Waals surface area contributed by atoms with Crippen LogP contribution in [0.15, 0.2) is 63.0 Å². The summed E-state index contributed by atoms with van der Waals surface area (Å²) in [6.45, 7) is -0.217. The molecule has 4 rings (SSSR count). The van der Waals surface area contributed by atoms with Gasteiger partial charge in [0.05, 0.1) is 15.7 Å². The molecule has 2 N–H and O–H groups in total. The number of hydrogen-bond donors (Lipinski definition) is 2. The van der Waals surface area contributed by atoms with Crippen LogP contribution in [0.5, 0.6) is 0 Å². The van der Waals surface area contributed by atoms with Gasteiger partial charge in [-0.3, -0.25) is 24.3 Å². The van der Waals surface area contributed by atoms with Crippen LogP contribution in [-0.4, -0.2) is 54.1 Å². The first kappa shape index (κ1) is 23.4. The van der Waals surface area contributed by atoms with Crippen molar-refractivity contribution in [2.75, 3.05) is 25.0 Å². The molecule has 0 bridgehead atoms. The molecule has 0 spiro atoms. The lowest BCUT2D eigenvalue weighted by Crippen LogP contribution is -2.33. The molecule has 1 saturated heterocycles. The van der Waals surface area contributed by atoms with Gasteiger partial charge in [-0.1, -0.05) is 12.1 Å². The Balaban J connectivity index is 1.33. The number of aromatic amines is 1. The van der Waals surface area contributed by atoms with Gasteiger partial charge < -0.3 is 10.1 Å². The second kappa shape index (κ2) is 9.61. The summed E-state index contributed by atoms with van der Waals surface area (Å²) in [7, 11) is -3.56. The number of fused-ring (bicyclic) bond motifs is 1. The highest BCUT2D eigenvalue weighted by atomic mass is 32.2. The van der Waals surface area contributed by atoms with E-state index in [1.807, 2.05) is 0 Å². The number of amides is 1. The summed E-state index contributed by atoms with van der Waals surface area (Å²) in [5.41, 5.74) is -0.770. The van der Waals surface area contributed by atoms with Gasteiger partial charge in [0.1, 0.15) is 6.54 Å². The number of nitrogens with zero attached hydrogens (tertiary/aromatic N) is 2. The van der Waals surface area contributed by atoms with Crippen molar-refractivity contribution in [2.24, 2.45) is 0 Å². The maximum Gasteiger partial charge on any atom is 0.328 e. The van der Waals surface area contributed by atoms with Crippen LogP contribution in [-0.2, 0) is 30.9 Å². The summed E-state index contributed by atoms with van der Waals surface area (Å²) in [6.07, 6.45) is 1.66. The first-order valence-corrected chi connectivity index (χ1v) is 12.0. The Morgan fingerprint density at radius 3 is 2.29 bits per heavy atom. The normalized spacial score (nSPS) is 14.2. The smallest absolute Gasteiger partial charge is 0.328 e. The van der Waals surface area contributed by atoms with Crippen LogP contribution in [0, 0.1) is 0 Å². The van der Waals surface area contributed by atoms with E-state index in [4.69, 9.17) is 4.74 Å². The number of sulfonamides is 1. The quantitative estimate of drug-likeness (QED) is 0.466. The van der Waals surface area contributed by atoms with Gasteiger partial charge in [0, 0.05) is 18.8 Å². The molecule has 178 valence electrons. The predicted octanol–water partition coefficient (Wildman–Crippen LogP) is 0.656. The van der Waals surface area contributed by atoms with Gasteiger partial charge in [0.2, 0.25) is 10.0 Å². The molecule has 1 fully saturated rings. The summed E-state index contributed by atoms with van der Waals surface area (Å²) < 4.78 is 32.2. The number of carbonyl (C=O) groups excluding carboxylic acids is 2. The Morgan fingerprint density at radius 1 is 0.971 bits per heavy atom. The van der Waals surface area contributed by atoms with E-state index in [-0.39, 0.29) is 15.7 Å². The molecule has 2 heterocycles. The fraction of sp³-hybridized carbons (Fsp3) is 0.273. The molecule has 0 radical (unpaired) electrons. The number of H-pyrrole nitrogens is 1. The van der Waals surface area contributed by atoms with Crippen molar-refractivity contribution >= 4 is 38.4 Å². The van der Waals surface area contributed by atoms with Gasteiger partial charge in [0.15, 0.2) is 6.61 Å². The van der Waals surface area contributed by atoms with Crippen molar-refractivity contribution in [3.8, 4) is 0 Å². The highest BCUT2D eigenvalue weighted by molar-refractivity contribution is 7.89. The third-order valence-corrected chi connectivity index (χ3v) is 7.29. The largest absolute Gasteiger partial charge is 0.454 e. The Kier molecular flexibility index (Phi) is 6.61. The summed E-state index contributed by atoms with van der Waals surface area (Å²) in [4.78, 5) is 48.9. The first-order valence-electron chi connectivity index (χ1n) is 10.5. The molecule has 11 nitrogen and oxygen atoms in total. The lowest BCUT2D eigenvalue weighted by atomic mass is 10.2. The number of ether oxygens (including phenoxy) is 1. The van der Waals surface area contributed by atoms with E-state index in [2.05, 4.69) is 10.4 Å². The lowest BCUT2D eigenvalue weighted by Gasteiger charge is -2.15. The number of nitrogens with one attached hydrogen (secondary N) is 2. The number of carbonyl (C=O) groups is 2. The number of esters is 1. The number of rotatable bonds is 7. The minimum absolute atomic E-state index is 0.133. The average Bonchev–Trinajstić information content (AvgIpc) is 3.38. The Bertz CT molecular complexity index is 1450. The monoisotopic (exact) mass is 486 g/mol. The summed E-state index contributed by atoms with van der Waals surface area (Å²) in [5.74, 6) is -1.54. The van der Waals surface area contributed by atoms with E-state index in [0.29, 0.717) is 18.8 Å². The molecule has 1 aliphatic rings. The van der Waals surface area contributed by atoms with E-state index in [0.717, 1.165) is 17.5 Å². The molecule has 1 amide bonds. The van der Waals surface area contributed by atoms with Crippen LogP contribution in [0.2, 0.25) is 0 Å². The molecule has 1 aromatic heterocycles. The molecule has 0 atom stereocenters. The van der Waals surface area contributed by atoms with Crippen LogP contribution in [0.25, 0.3) is 10.8 Å². The van der Waals surface area contributed by atoms with Crippen LogP contribution in [0.1, 0.15) is 12.8 Å². The highest BCUT2D eigenvalue weighted by Crippen LogP contribution is 2.22. The van der Waals surface area contributed by atoms with Gasteiger partial charge in [-0.05, 0) is 49.2 Å². The third kappa shape index (κ3) is 4.92. The summed E-state index contributed by atoms with van der Waals surface area (Å²) in [6, 6.07) is 11.9. The van der Waals surface area contributed by atoms with E-state index >= 15 is 0 Å². The van der Waals surface area contributed by atoms with E-state index < -0.39 is 46.2 Å². The van der Waals surface area contributed by atoms with E-state index in [1.54, 1.807) is 12.1 Å². The fourth-order valence-electron chi connectivity index (χ4n) is 3.66. The minimum atomic E-state index is -3.56. The summed E-state index contributed by atoms with van der Waals surface area (Å²) >= 11 is 0. The second-order valence-electron chi connectivity index (χ2n) is 7.72. The fourth-order valence-corrected chi connectivity index (χ4v) is 5.18. The van der Waals surface area contributed by atoms with Crippen molar-refractivity contribution in [3.05, 3.63) is 69.2 Å². The molecule has 12 heteroatoms. The Hall–Kier alpha value is -3.77. The van der Waals surface area contributed by atoms with E-state index in [1.165, 1.54) is 40.7 Å². The first-order chi connectivity index (χ1) is 16.3. The molecule has 3 aromatic rings. The van der Waals surface area contributed by atoms with Crippen LogP contribution >= 0.6 is 0 Å². The number of benzene rings is 2. The maximum absolute atomic E-state index is 12.5. The molecular weight excluding hydrogens is 464 g/mol. The Labute approximate surface area is 194 Å². The number of anilines is 1. The Morgan fingerprint density at radius 2 is 1.62 bits per heavy atom. The van der Waals surface area contributed by atoms with Gasteiger partial charge in [-0.15, -0.1) is 0 Å². The summed E-state index contributed by atoms with van der Waals surface area (Å²) in [5, 5.41) is 5.18. The van der Waals surface area contributed by atoms with Crippen molar-refractivity contribution in [2.45, 2.75) is 24.3 Å². The topological polar surface area (TPSA) is 148 Å². The zero-order valence-corrected chi connectivity index (χ0v) is 18.8. The minimum Gasteiger partial charge on any atom is -0.454 e. The lowest BCUT2D eigenvalue weighted by molar-refractivity contribution is -0.148. The van der Waals surface area contributed by atoms with Crippen LogP contribution in [0.3, 0.4) is 0 Å². The van der Waals surface area contributed by atoms with E-state index in [9.17, 15) is 27.6 Å². The third-order valence-electron chi connectivity index (χ3n) is 5.38. The average molecular weight is 487 g/mol. The molecule has 0 aliphatic carbocycles. The second-order valence-corrected chi connectivity index (χ2v) is 9.66. The van der Waals surface area contributed by atoms with Gasteiger partial charge in [-0.25, -0.2) is 13.1 Å². The zero-order chi connectivity index (χ0) is 24.3. The van der Waals surface area contributed by atoms with Crippen molar-refractivity contribution in [3.63, 3.8) is 0 Å². The molecular formula is C22H22N4O7S. The molecule has 34 heavy (non-hydrogen) atoms. The highest BCUT2D eigenvalue weighted by Gasteiger charge is 2.27. The predicted molar refractivity (Wildman–Crippen MR) is 123 cm³/mol. The van der Waals surface area contributed by atoms with Gasteiger partial charge in [0.25, 0.3) is 17.0 Å². The molecule has 1 aliphatic heterocycles. The zero-order valence-electron chi connectivity index (χ0n) is 18.0. The molecule has 2 aromatic carbocycles. The van der Waals surface area contributed by atoms with Crippen LogP contribution < -0.4 is 16.4 Å². The van der Waals surface area contributed by atoms with Crippen LogP contribution in [0.4, 0.5) is 5.69 Å². The molecule has 0 saturated carbocycles. The molecule has 0 unspecified atom stereocenters. The maximum atomic E-state index is 12.5. The SMILES string of the molecule is O=C(COC(=O)Cn1[nH]c(=O)c2ccccc2c1=O)Nc1ccc(S(=O)(=O)N2CCCC2)cc1. The van der Waals surface area contributed by atoms with Crippen molar-refractivity contribution in [1.29, 1.82) is 0 Å².